The Kier molecular flexibility index (Phi) is 11.0. The van der Waals surface area contributed by atoms with Gasteiger partial charge in [0, 0.05) is 18.7 Å². The maximum absolute atomic E-state index is 14.3. The molecule has 2 amide bonds. The molecule has 11 heteroatoms. The van der Waals surface area contributed by atoms with Gasteiger partial charge < -0.3 is 24.4 Å². The van der Waals surface area contributed by atoms with Crippen LogP contribution in [0.2, 0.25) is 0 Å². The second-order valence-corrected chi connectivity index (χ2v) is 13.3. The predicted molar refractivity (Wildman–Crippen MR) is 173 cm³/mol. The van der Waals surface area contributed by atoms with Crippen LogP contribution in [0.4, 0.5) is 5.69 Å². The predicted octanol–water partition coefficient (Wildman–Crippen LogP) is 5.00. The highest BCUT2D eigenvalue weighted by Gasteiger charge is 2.34. The van der Waals surface area contributed by atoms with Crippen LogP contribution in [0.1, 0.15) is 49.3 Å². The van der Waals surface area contributed by atoms with E-state index in [1.807, 2.05) is 32.0 Å². The first-order chi connectivity index (χ1) is 21.5. The van der Waals surface area contributed by atoms with Gasteiger partial charge in [-0.1, -0.05) is 31.0 Å². The molecule has 45 heavy (non-hydrogen) atoms. The number of methoxy groups -OCH3 is 3. The average Bonchev–Trinajstić information content (AvgIpc) is 3.54. The number of nitrogens with zero attached hydrogens (tertiary/aromatic N) is 2. The zero-order chi connectivity index (χ0) is 32.7. The summed E-state index contributed by atoms with van der Waals surface area (Å²) in [5, 5.41) is 3.09. The molecular weight excluding hydrogens is 594 g/mol. The van der Waals surface area contributed by atoms with Crippen molar-refractivity contribution in [3.8, 4) is 17.2 Å². The number of rotatable bonds is 13. The van der Waals surface area contributed by atoms with Gasteiger partial charge in [0.2, 0.25) is 11.8 Å². The molecule has 1 aliphatic carbocycles. The lowest BCUT2D eigenvalue weighted by atomic mass is 10.1. The van der Waals surface area contributed by atoms with Crippen LogP contribution in [-0.4, -0.2) is 65.1 Å². The van der Waals surface area contributed by atoms with Gasteiger partial charge >= 0.3 is 0 Å². The topological polar surface area (TPSA) is 114 Å². The summed E-state index contributed by atoms with van der Waals surface area (Å²) in [5.74, 6) is 0.472. The molecule has 1 N–H and O–H groups in total. The maximum atomic E-state index is 14.3. The van der Waals surface area contributed by atoms with Crippen molar-refractivity contribution in [3.63, 3.8) is 0 Å². The third kappa shape index (κ3) is 8.08. The smallest absolute Gasteiger partial charge is 0.264 e. The van der Waals surface area contributed by atoms with Gasteiger partial charge in [-0.15, -0.1) is 0 Å². The molecule has 0 unspecified atom stereocenters. The summed E-state index contributed by atoms with van der Waals surface area (Å²) in [6, 6.07) is 16.1. The van der Waals surface area contributed by atoms with Crippen molar-refractivity contribution in [3.05, 3.63) is 77.4 Å². The van der Waals surface area contributed by atoms with Crippen LogP contribution >= 0.6 is 0 Å². The van der Waals surface area contributed by atoms with Crippen molar-refractivity contribution >= 4 is 27.5 Å². The van der Waals surface area contributed by atoms with Crippen molar-refractivity contribution < 1.29 is 32.2 Å². The van der Waals surface area contributed by atoms with Crippen LogP contribution in [0.3, 0.4) is 0 Å². The van der Waals surface area contributed by atoms with Gasteiger partial charge in [-0.3, -0.25) is 13.9 Å². The summed E-state index contributed by atoms with van der Waals surface area (Å²) in [7, 11) is 0.174. The quantitative estimate of drug-likeness (QED) is 0.281. The second-order valence-electron chi connectivity index (χ2n) is 11.4. The minimum Gasteiger partial charge on any atom is -0.497 e. The van der Waals surface area contributed by atoms with Crippen LogP contribution in [0.15, 0.2) is 65.6 Å². The van der Waals surface area contributed by atoms with Crippen molar-refractivity contribution in [2.24, 2.45) is 0 Å². The lowest BCUT2D eigenvalue weighted by Gasteiger charge is -2.32. The monoisotopic (exact) mass is 637 g/mol. The molecule has 4 rings (SSSR count). The maximum Gasteiger partial charge on any atom is 0.264 e. The van der Waals surface area contributed by atoms with Gasteiger partial charge in [-0.2, -0.15) is 0 Å². The van der Waals surface area contributed by atoms with Crippen LogP contribution < -0.4 is 23.8 Å². The largest absolute Gasteiger partial charge is 0.497 e. The van der Waals surface area contributed by atoms with Crippen molar-refractivity contribution in [2.75, 3.05) is 32.2 Å². The number of carbonyl (C=O) groups excluding carboxylic acids is 2. The second kappa shape index (κ2) is 14.7. The van der Waals surface area contributed by atoms with Crippen LogP contribution in [-0.2, 0) is 26.2 Å². The number of amides is 2. The molecule has 0 spiro atoms. The van der Waals surface area contributed by atoms with E-state index < -0.39 is 28.5 Å². The van der Waals surface area contributed by atoms with E-state index >= 15 is 0 Å². The fourth-order valence-corrected chi connectivity index (χ4v) is 7.04. The van der Waals surface area contributed by atoms with Crippen molar-refractivity contribution in [1.82, 2.24) is 10.2 Å². The lowest BCUT2D eigenvalue weighted by Crippen LogP contribution is -2.52. The molecule has 0 bridgehead atoms. The van der Waals surface area contributed by atoms with E-state index in [-0.39, 0.29) is 29.1 Å². The van der Waals surface area contributed by atoms with Crippen molar-refractivity contribution in [1.29, 1.82) is 0 Å². The molecule has 0 radical (unpaired) electrons. The van der Waals surface area contributed by atoms with Gasteiger partial charge in [0.05, 0.1) is 31.9 Å². The molecule has 242 valence electrons. The molecule has 0 heterocycles. The number of nitrogens with one attached hydrogen (secondary N) is 1. The molecule has 1 saturated carbocycles. The number of anilines is 1. The molecule has 10 nitrogen and oxygen atoms in total. The Morgan fingerprint density at radius 2 is 1.49 bits per heavy atom. The van der Waals surface area contributed by atoms with E-state index in [9.17, 15) is 18.0 Å². The minimum absolute atomic E-state index is 0.0649. The summed E-state index contributed by atoms with van der Waals surface area (Å²) < 4.78 is 45.7. The molecule has 1 fully saturated rings. The highest BCUT2D eigenvalue weighted by molar-refractivity contribution is 7.92. The Balaban J connectivity index is 1.74. The first kappa shape index (κ1) is 33.6. The van der Waals surface area contributed by atoms with E-state index in [1.54, 1.807) is 38.3 Å². The Morgan fingerprint density at radius 3 is 2.07 bits per heavy atom. The first-order valence-corrected chi connectivity index (χ1v) is 16.5. The van der Waals surface area contributed by atoms with E-state index in [2.05, 4.69) is 5.32 Å². The first-order valence-electron chi connectivity index (χ1n) is 15.0. The normalized spacial score (nSPS) is 14.0. The highest BCUT2D eigenvalue weighted by atomic mass is 32.2. The summed E-state index contributed by atoms with van der Waals surface area (Å²) in [5.41, 5.74) is 2.78. The standard InChI is InChI=1S/C34H43N3O7S/c1-23-17-24(2)19-28(18-23)37(45(40,41)30-15-16-31(43-5)32(20-30)44-6)22-33(38)36(21-26-11-13-29(42-4)14-12-26)25(3)34(39)35-27-9-7-8-10-27/h11-20,25,27H,7-10,21-22H2,1-6H3,(H,35,39)/t25-/m1/s1. The number of hydrogen-bond donors (Lipinski definition) is 1. The Morgan fingerprint density at radius 1 is 0.867 bits per heavy atom. The molecule has 0 aliphatic heterocycles. The van der Waals surface area contributed by atoms with E-state index in [4.69, 9.17) is 14.2 Å². The lowest BCUT2D eigenvalue weighted by molar-refractivity contribution is -0.139. The molecule has 0 aromatic heterocycles. The number of benzene rings is 3. The van der Waals surface area contributed by atoms with E-state index in [0.717, 1.165) is 46.7 Å². The van der Waals surface area contributed by atoms with Crippen molar-refractivity contribution in [2.45, 2.75) is 70.0 Å². The van der Waals surface area contributed by atoms with E-state index in [1.165, 1.54) is 37.3 Å². The van der Waals surface area contributed by atoms with Gasteiger partial charge in [-0.25, -0.2) is 8.42 Å². The summed E-state index contributed by atoms with van der Waals surface area (Å²) in [6.45, 7) is 4.97. The molecule has 3 aromatic rings. The minimum atomic E-state index is -4.29. The van der Waals surface area contributed by atoms with Gasteiger partial charge in [0.15, 0.2) is 11.5 Å². The molecule has 3 aromatic carbocycles. The third-order valence-electron chi connectivity index (χ3n) is 8.10. The third-order valence-corrected chi connectivity index (χ3v) is 9.87. The zero-order valence-electron chi connectivity index (χ0n) is 26.8. The molecule has 1 aliphatic rings. The summed E-state index contributed by atoms with van der Waals surface area (Å²) in [4.78, 5) is 29.1. The molecule has 0 saturated heterocycles. The number of carbonyl (C=O) groups is 2. The number of hydrogen-bond acceptors (Lipinski definition) is 7. The van der Waals surface area contributed by atoms with Gasteiger partial charge in [0.25, 0.3) is 10.0 Å². The van der Waals surface area contributed by atoms with Crippen LogP contribution in [0, 0.1) is 13.8 Å². The van der Waals surface area contributed by atoms with Crippen LogP contribution in [0.25, 0.3) is 0 Å². The average molecular weight is 638 g/mol. The van der Waals surface area contributed by atoms with Crippen LogP contribution in [0.5, 0.6) is 17.2 Å². The van der Waals surface area contributed by atoms with Gasteiger partial charge in [0.1, 0.15) is 18.3 Å². The number of ether oxygens (including phenoxy) is 3. The highest BCUT2D eigenvalue weighted by Crippen LogP contribution is 2.33. The summed E-state index contributed by atoms with van der Waals surface area (Å²) >= 11 is 0. The Labute approximate surface area is 266 Å². The Hall–Kier alpha value is -4.25. The summed E-state index contributed by atoms with van der Waals surface area (Å²) in [6.07, 6.45) is 3.89. The van der Waals surface area contributed by atoms with E-state index in [0.29, 0.717) is 17.2 Å². The number of aryl methyl sites for hydroxylation is 2. The zero-order valence-corrected chi connectivity index (χ0v) is 27.6. The van der Waals surface area contributed by atoms with Gasteiger partial charge in [-0.05, 0) is 86.7 Å². The molecular formula is C34H43N3O7S. The fraction of sp³-hybridized carbons (Fsp3) is 0.412. The molecule has 1 atom stereocenters. The number of sulfonamides is 1. The SMILES string of the molecule is COc1ccc(CN(C(=O)CN(c2cc(C)cc(C)c2)S(=O)(=O)c2ccc(OC)c(OC)c2)[C@H](C)C(=O)NC2CCCC2)cc1. The fourth-order valence-electron chi connectivity index (χ4n) is 5.63. The Bertz CT molecular complexity index is 1580.